The Bertz CT molecular complexity index is 1040. The van der Waals surface area contributed by atoms with Crippen LogP contribution in [0.5, 0.6) is 5.75 Å². The third kappa shape index (κ3) is 3.46. The molecule has 144 valence electrons. The lowest BCUT2D eigenvalue weighted by atomic mass is 10.2. The van der Waals surface area contributed by atoms with Crippen LogP contribution in [0, 0.1) is 0 Å². The van der Waals surface area contributed by atoms with Crippen molar-refractivity contribution in [1.82, 2.24) is 19.9 Å². The Labute approximate surface area is 161 Å². The van der Waals surface area contributed by atoms with E-state index >= 15 is 0 Å². The average molecular weight is 380 g/mol. The van der Waals surface area contributed by atoms with Gasteiger partial charge in [-0.2, -0.15) is 0 Å². The highest BCUT2D eigenvalue weighted by molar-refractivity contribution is 5.92. The zero-order valence-corrected chi connectivity index (χ0v) is 15.4. The molecule has 2 aromatic heterocycles. The van der Waals surface area contributed by atoms with Gasteiger partial charge in [0.05, 0.1) is 12.5 Å². The SMILES string of the molecule is COc1ccc2[nH]cc(NC(=O)N3CCN(c4ncccn4)CC3)c(=O)c2c1. The van der Waals surface area contributed by atoms with E-state index in [2.05, 4.69) is 20.3 Å². The summed E-state index contributed by atoms with van der Waals surface area (Å²) in [5.74, 6) is 1.24. The summed E-state index contributed by atoms with van der Waals surface area (Å²) in [6.07, 6.45) is 4.91. The third-order valence-corrected chi connectivity index (χ3v) is 4.73. The molecule has 3 heterocycles. The first kappa shape index (κ1) is 17.8. The minimum atomic E-state index is -0.304. The number of pyridine rings is 1. The number of nitrogens with one attached hydrogen (secondary N) is 2. The molecule has 2 amide bonds. The second kappa shape index (κ2) is 7.55. The number of aromatic amines is 1. The zero-order chi connectivity index (χ0) is 19.5. The molecule has 0 radical (unpaired) electrons. The summed E-state index contributed by atoms with van der Waals surface area (Å²) >= 11 is 0. The Morgan fingerprint density at radius 2 is 1.93 bits per heavy atom. The van der Waals surface area contributed by atoms with Crippen molar-refractivity contribution in [2.24, 2.45) is 0 Å². The van der Waals surface area contributed by atoms with E-state index in [0.717, 1.165) is 0 Å². The van der Waals surface area contributed by atoms with Crippen molar-refractivity contribution in [2.45, 2.75) is 0 Å². The first-order valence-corrected chi connectivity index (χ1v) is 8.93. The van der Waals surface area contributed by atoms with Gasteiger partial charge in [0.2, 0.25) is 11.4 Å². The van der Waals surface area contributed by atoms with Gasteiger partial charge in [-0.1, -0.05) is 0 Å². The maximum Gasteiger partial charge on any atom is 0.322 e. The molecule has 4 rings (SSSR count). The Balaban J connectivity index is 1.45. The number of amides is 2. The van der Waals surface area contributed by atoms with Gasteiger partial charge < -0.3 is 24.8 Å². The van der Waals surface area contributed by atoms with Gasteiger partial charge in [0.15, 0.2) is 0 Å². The van der Waals surface area contributed by atoms with Gasteiger partial charge in [-0.15, -0.1) is 0 Å². The maximum absolute atomic E-state index is 12.7. The monoisotopic (exact) mass is 380 g/mol. The van der Waals surface area contributed by atoms with Gasteiger partial charge in [-0.05, 0) is 24.3 Å². The molecule has 0 bridgehead atoms. The summed E-state index contributed by atoms with van der Waals surface area (Å²) in [7, 11) is 1.54. The molecule has 3 aromatic rings. The molecule has 0 atom stereocenters. The van der Waals surface area contributed by atoms with Crippen molar-refractivity contribution in [1.29, 1.82) is 0 Å². The number of ether oxygens (including phenoxy) is 1. The van der Waals surface area contributed by atoms with E-state index in [1.807, 2.05) is 4.90 Å². The van der Waals surface area contributed by atoms with Crippen LogP contribution in [0.1, 0.15) is 0 Å². The molecule has 0 aliphatic carbocycles. The summed E-state index contributed by atoms with van der Waals surface area (Å²) < 4.78 is 5.18. The molecule has 9 nitrogen and oxygen atoms in total. The van der Waals surface area contributed by atoms with Crippen LogP contribution in [0.3, 0.4) is 0 Å². The number of carbonyl (C=O) groups excluding carboxylic acids is 1. The van der Waals surface area contributed by atoms with Gasteiger partial charge in [0.1, 0.15) is 11.4 Å². The topological polar surface area (TPSA) is 103 Å². The van der Waals surface area contributed by atoms with E-state index in [0.29, 0.717) is 48.8 Å². The van der Waals surface area contributed by atoms with E-state index in [4.69, 9.17) is 4.74 Å². The fourth-order valence-electron chi connectivity index (χ4n) is 3.18. The fourth-order valence-corrected chi connectivity index (χ4v) is 3.18. The van der Waals surface area contributed by atoms with Gasteiger partial charge in [-0.25, -0.2) is 14.8 Å². The van der Waals surface area contributed by atoms with Crippen LogP contribution in [0.4, 0.5) is 16.4 Å². The number of benzene rings is 1. The van der Waals surface area contributed by atoms with Crippen LogP contribution in [0.15, 0.2) is 47.7 Å². The third-order valence-electron chi connectivity index (χ3n) is 4.73. The second-order valence-corrected chi connectivity index (χ2v) is 6.40. The number of anilines is 2. The number of piperazine rings is 1. The highest BCUT2D eigenvalue weighted by Crippen LogP contribution is 2.18. The van der Waals surface area contributed by atoms with Gasteiger partial charge in [-0.3, -0.25) is 4.79 Å². The minimum Gasteiger partial charge on any atom is -0.497 e. The van der Waals surface area contributed by atoms with Gasteiger partial charge in [0.25, 0.3) is 0 Å². The predicted octanol–water partition coefficient (Wildman–Crippen LogP) is 1.68. The number of methoxy groups -OCH3 is 1. The normalized spacial score (nSPS) is 14.2. The van der Waals surface area contributed by atoms with Crippen LogP contribution < -0.4 is 20.4 Å². The smallest absolute Gasteiger partial charge is 0.322 e. The van der Waals surface area contributed by atoms with E-state index in [1.165, 1.54) is 6.20 Å². The molecule has 0 saturated carbocycles. The van der Waals surface area contributed by atoms with E-state index in [1.54, 1.807) is 48.7 Å². The molecule has 1 fully saturated rings. The lowest BCUT2D eigenvalue weighted by Gasteiger charge is -2.34. The summed E-state index contributed by atoms with van der Waals surface area (Å²) in [4.78, 5) is 40.5. The number of H-pyrrole nitrogens is 1. The zero-order valence-electron chi connectivity index (χ0n) is 15.4. The molecule has 28 heavy (non-hydrogen) atoms. The highest BCUT2D eigenvalue weighted by Gasteiger charge is 2.23. The average Bonchev–Trinajstić information content (AvgIpc) is 2.76. The van der Waals surface area contributed by atoms with E-state index in [-0.39, 0.29) is 17.1 Å². The molecule has 1 aromatic carbocycles. The number of hydrogen-bond acceptors (Lipinski definition) is 6. The predicted molar refractivity (Wildman–Crippen MR) is 106 cm³/mol. The Morgan fingerprint density at radius 1 is 1.18 bits per heavy atom. The quantitative estimate of drug-likeness (QED) is 0.717. The second-order valence-electron chi connectivity index (χ2n) is 6.40. The maximum atomic E-state index is 12.7. The Kier molecular flexibility index (Phi) is 4.79. The van der Waals surface area contributed by atoms with E-state index < -0.39 is 0 Å². The van der Waals surface area contributed by atoms with Crippen molar-refractivity contribution in [3.8, 4) is 5.75 Å². The van der Waals surface area contributed by atoms with Crippen LogP contribution in [0.2, 0.25) is 0 Å². The lowest BCUT2D eigenvalue weighted by molar-refractivity contribution is 0.208. The molecule has 0 unspecified atom stereocenters. The van der Waals surface area contributed by atoms with Gasteiger partial charge in [0, 0.05) is 50.3 Å². The molecule has 1 aliphatic heterocycles. The number of hydrogen-bond donors (Lipinski definition) is 2. The van der Waals surface area contributed by atoms with Crippen molar-refractivity contribution in [2.75, 3.05) is 43.5 Å². The Morgan fingerprint density at radius 3 is 2.64 bits per heavy atom. The number of rotatable bonds is 3. The van der Waals surface area contributed by atoms with Crippen molar-refractivity contribution >= 4 is 28.6 Å². The number of fused-ring (bicyclic) bond motifs is 1. The molecule has 0 spiro atoms. The van der Waals surface area contributed by atoms with Crippen LogP contribution >= 0.6 is 0 Å². The van der Waals surface area contributed by atoms with Crippen LogP contribution in [0.25, 0.3) is 10.9 Å². The molecule has 9 heteroatoms. The summed E-state index contributed by atoms with van der Waals surface area (Å²) in [6.45, 7) is 2.29. The summed E-state index contributed by atoms with van der Waals surface area (Å²) in [5, 5.41) is 3.18. The molecule has 2 N–H and O–H groups in total. The lowest BCUT2D eigenvalue weighted by Crippen LogP contribution is -2.50. The summed E-state index contributed by atoms with van der Waals surface area (Å²) in [6, 6.07) is 6.66. The minimum absolute atomic E-state index is 0.208. The molecular weight excluding hydrogens is 360 g/mol. The van der Waals surface area contributed by atoms with Crippen molar-refractivity contribution in [3.05, 3.63) is 53.1 Å². The largest absolute Gasteiger partial charge is 0.497 e. The van der Waals surface area contributed by atoms with Gasteiger partial charge >= 0.3 is 6.03 Å². The highest BCUT2D eigenvalue weighted by atomic mass is 16.5. The first-order chi connectivity index (χ1) is 13.7. The standard InChI is InChI=1S/C19H20N6O3/c1-28-13-3-4-15-14(11-13)17(26)16(12-22-15)23-19(27)25-9-7-24(8-10-25)18-20-5-2-6-21-18/h2-6,11-12H,7-10H2,1H3,(H,22,26)(H,23,27). The summed E-state index contributed by atoms with van der Waals surface area (Å²) in [5.41, 5.74) is 0.636. The number of aromatic nitrogens is 3. The van der Waals surface area contributed by atoms with Crippen molar-refractivity contribution < 1.29 is 9.53 Å². The van der Waals surface area contributed by atoms with E-state index in [9.17, 15) is 9.59 Å². The first-order valence-electron chi connectivity index (χ1n) is 8.93. The van der Waals surface area contributed by atoms with Crippen LogP contribution in [-0.2, 0) is 0 Å². The molecule has 1 aliphatic rings. The number of urea groups is 1. The van der Waals surface area contributed by atoms with Crippen LogP contribution in [-0.4, -0.2) is 59.2 Å². The molecular formula is C19H20N6O3. The number of carbonyl (C=O) groups is 1. The molecule has 1 saturated heterocycles. The Hall–Kier alpha value is -3.62. The number of nitrogens with zero attached hydrogens (tertiary/aromatic N) is 4. The fraction of sp³-hybridized carbons (Fsp3) is 0.263. The van der Waals surface area contributed by atoms with Crippen molar-refractivity contribution in [3.63, 3.8) is 0 Å².